The van der Waals surface area contributed by atoms with E-state index in [-0.39, 0.29) is 19.1 Å². The summed E-state index contributed by atoms with van der Waals surface area (Å²) >= 11 is 5.79. The van der Waals surface area contributed by atoms with Crippen molar-refractivity contribution in [1.29, 1.82) is 0 Å². The highest BCUT2D eigenvalue weighted by Crippen LogP contribution is 2.15. The number of methoxy groups -OCH3 is 1. The molecule has 124 valence electrons. The number of fused-ring (bicyclic) bond motifs is 1. The molecule has 9 heteroatoms. The summed E-state index contributed by atoms with van der Waals surface area (Å²) in [5.41, 5.74) is 0.488. The van der Waals surface area contributed by atoms with E-state index in [1.54, 1.807) is 41.1 Å². The number of hydrogen-bond acceptors (Lipinski definition) is 6. The maximum atomic E-state index is 11.9. The number of hydrogen-bond donors (Lipinski definition) is 1. The lowest BCUT2D eigenvalue weighted by molar-refractivity contribution is -0.123. The minimum atomic E-state index is -0.275. The van der Waals surface area contributed by atoms with Gasteiger partial charge in [-0.25, -0.2) is 4.98 Å². The van der Waals surface area contributed by atoms with E-state index in [0.717, 1.165) is 0 Å². The second kappa shape index (κ2) is 7.14. The molecule has 1 aromatic carbocycles. The van der Waals surface area contributed by atoms with Crippen LogP contribution >= 0.6 is 11.6 Å². The molecule has 1 N–H and O–H groups in total. The predicted octanol–water partition coefficient (Wildman–Crippen LogP) is 1.48. The van der Waals surface area contributed by atoms with Crippen molar-refractivity contribution < 1.29 is 14.3 Å². The van der Waals surface area contributed by atoms with Gasteiger partial charge in [0.1, 0.15) is 5.75 Å². The number of carbonyl (C=O) groups excluding carboxylic acids is 1. The Morgan fingerprint density at radius 2 is 2.08 bits per heavy atom. The molecule has 0 spiro atoms. The maximum Gasteiger partial charge on any atom is 0.260 e. The Kier molecular flexibility index (Phi) is 4.76. The molecule has 2 aromatic heterocycles. The lowest BCUT2D eigenvalue weighted by atomic mass is 10.3. The highest BCUT2D eigenvalue weighted by Gasteiger charge is 2.11. The third kappa shape index (κ3) is 3.54. The summed E-state index contributed by atoms with van der Waals surface area (Å²) < 4.78 is 12.2. The van der Waals surface area contributed by atoms with Crippen LogP contribution in [0.5, 0.6) is 11.6 Å². The van der Waals surface area contributed by atoms with Crippen LogP contribution in [0, 0.1) is 0 Å². The number of halogens is 1. The van der Waals surface area contributed by atoms with Crippen molar-refractivity contribution in [2.24, 2.45) is 0 Å². The summed E-state index contributed by atoms with van der Waals surface area (Å²) in [6.45, 7) is 0.0976. The van der Waals surface area contributed by atoms with E-state index in [2.05, 4.69) is 20.5 Å². The number of carbonyl (C=O) groups is 1. The van der Waals surface area contributed by atoms with Gasteiger partial charge in [0, 0.05) is 17.4 Å². The van der Waals surface area contributed by atoms with Gasteiger partial charge in [-0.2, -0.15) is 0 Å². The van der Waals surface area contributed by atoms with Gasteiger partial charge in [-0.15, -0.1) is 10.2 Å². The van der Waals surface area contributed by atoms with Crippen molar-refractivity contribution in [2.45, 2.75) is 6.54 Å². The zero-order valence-corrected chi connectivity index (χ0v) is 13.5. The number of aromatic nitrogens is 4. The fourth-order valence-electron chi connectivity index (χ4n) is 2.02. The molecule has 1 amide bonds. The Bertz CT molecular complexity index is 850. The Balaban J connectivity index is 1.57. The minimum absolute atomic E-state index is 0.108. The van der Waals surface area contributed by atoms with Crippen molar-refractivity contribution in [1.82, 2.24) is 24.9 Å². The first-order valence-electron chi connectivity index (χ1n) is 7.05. The molecule has 0 aliphatic heterocycles. The highest BCUT2D eigenvalue weighted by atomic mass is 35.5. The molecule has 0 aliphatic carbocycles. The van der Waals surface area contributed by atoms with Gasteiger partial charge in [0.25, 0.3) is 11.8 Å². The maximum absolute atomic E-state index is 11.9. The van der Waals surface area contributed by atoms with Crippen molar-refractivity contribution in [2.75, 3.05) is 13.7 Å². The van der Waals surface area contributed by atoms with Gasteiger partial charge in [0.05, 0.1) is 13.7 Å². The lowest BCUT2D eigenvalue weighted by Gasteiger charge is -2.07. The second-order valence-electron chi connectivity index (χ2n) is 4.77. The summed E-state index contributed by atoms with van der Waals surface area (Å²) in [4.78, 5) is 15.9. The van der Waals surface area contributed by atoms with Crippen LogP contribution in [0.15, 0.2) is 36.7 Å². The molecule has 0 saturated heterocycles. The fraction of sp³-hybridized carbons (Fsp3) is 0.200. The topological polar surface area (TPSA) is 90.6 Å². The summed E-state index contributed by atoms with van der Waals surface area (Å²) in [6, 6.07) is 6.78. The first kappa shape index (κ1) is 16.0. The molecule has 0 radical (unpaired) electrons. The van der Waals surface area contributed by atoms with Crippen LogP contribution < -0.4 is 14.8 Å². The third-order valence-corrected chi connectivity index (χ3v) is 3.44. The van der Waals surface area contributed by atoms with Gasteiger partial charge in [0.15, 0.2) is 12.4 Å². The lowest BCUT2D eigenvalue weighted by Crippen LogP contribution is -2.29. The van der Waals surface area contributed by atoms with Crippen LogP contribution in [0.2, 0.25) is 5.02 Å². The normalized spacial score (nSPS) is 10.6. The largest absolute Gasteiger partial charge is 0.484 e. The zero-order valence-electron chi connectivity index (χ0n) is 12.8. The SMILES string of the molecule is COc1nccn2c(CNC(=O)COc3ccc(Cl)cc3)nnc12. The molecule has 8 nitrogen and oxygen atoms in total. The minimum Gasteiger partial charge on any atom is -0.484 e. The average molecular weight is 348 g/mol. The number of amides is 1. The molecule has 24 heavy (non-hydrogen) atoms. The molecule has 0 saturated carbocycles. The Hall–Kier alpha value is -2.87. The van der Waals surface area contributed by atoms with Crippen LogP contribution in [0.4, 0.5) is 0 Å². The number of nitrogens with zero attached hydrogens (tertiary/aromatic N) is 4. The molecule has 0 fully saturated rings. The molecular formula is C15H14ClN5O3. The predicted molar refractivity (Wildman–Crippen MR) is 86.1 cm³/mol. The number of nitrogens with one attached hydrogen (secondary N) is 1. The van der Waals surface area contributed by atoms with Gasteiger partial charge >= 0.3 is 0 Å². The van der Waals surface area contributed by atoms with E-state index in [0.29, 0.717) is 28.1 Å². The van der Waals surface area contributed by atoms with Gasteiger partial charge in [-0.05, 0) is 24.3 Å². The molecule has 0 unspecified atom stereocenters. The fourth-order valence-corrected chi connectivity index (χ4v) is 2.15. The molecule has 2 heterocycles. The van der Waals surface area contributed by atoms with Gasteiger partial charge < -0.3 is 14.8 Å². The van der Waals surface area contributed by atoms with Gasteiger partial charge in [-0.1, -0.05) is 11.6 Å². The summed E-state index contributed by atoms with van der Waals surface area (Å²) in [6.07, 6.45) is 3.27. The van der Waals surface area contributed by atoms with Gasteiger partial charge in [-0.3, -0.25) is 9.20 Å². The van der Waals surface area contributed by atoms with Crippen molar-refractivity contribution in [3.63, 3.8) is 0 Å². The van der Waals surface area contributed by atoms with E-state index >= 15 is 0 Å². The quantitative estimate of drug-likeness (QED) is 0.726. The van der Waals surface area contributed by atoms with Crippen LogP contribution in [0.25, 0.3) is 5.65 Å². The van der Waals surface area contributed by atoms with Crippen LogP contribution in [0.3, 0.4) is 0 Å². The second-order valence-corrected chi connectivity index (χ2v) is 5.20. The van der Waals surface area contributed by atoms with E-state index < -0.39 is 0 Å². The smallest absolute Gasteiger partial charge is 0.260 e. The monoisotopic (exact) mass is 347 g/mol. The van der Waals surface area contributed by atoms with E-state index in [9.17, 15) is 4.79 Å². The highest BCUT2D eigenvalue weighted by molar-refractivity contribution is 6.30. The van der Waals surface area contributed by atoms with Crippen molar-refractivity contribution in [3.05, 3.63) is 47.5 Å². The van der Waals surface area contributed by atoms with E-state index in [1.807, 2.05) is 0 Å². The van der Waals surface area contributed by atoms with Crippen molar-refractivity contribution in [3.8, 4) is 11.6 Å². The summed E-state index contributed by atoms with van der Waals surface area (Å²) in [7, 11) is 1.51. The molecule has 3 rings (SSSR count). The van der Waals surface area contributed by atoms with E-state index in [4.69, 9.17) is 21.1 Å². The molecule has 0 aliphatic rings. The molecule has 0 bridgehead atoms. The molecule has 0 atom stereocenters. The first-order valence-corrected chi connectivity index (χ1v) is 7.43. The van der Waals surface area contributed by atoms with Crippen LogP contribution in [-0.2, 0) is 11.3 Å². The van der Waals surface area contributed by atoms with E-state index in [1.165, 1.54) is 7.11 Å². The standard InChI is InChI=1S/C15H14ClN5O3/c1-23-15-14-20-19-12(21(14)7-6-17-15)8-18-13(22)9-24-11-4-2-10(16)3-5-11/h2-7H,8-9H2,1H3,(H,18,22). The number of benzene rings is 1. The molecule has 3 aromatic rings. The molecular weight excluding hydrogens is 334 g/mol. The Morgan fingerprint density at radius 3 is 2.83 bits per heavy atom. The van der Waals surface area contributed by atoms with Crippen LogP contribution in [-0.4, -0.2) is 39.2 Å². The number of rotatable bonds is 6. The zero-order chi connectivity index (χ0) is 16.9. The summed E-state index contributed by atoms with van der Waals surface area (Å²) in [5.74, 6) is 1.22. The average Bonchev–Trinajstić information content (AvgIpc) is 3.02. The number of ether oxygens (including phenoxy) is 2. The van der Waals surface area contributed by atoms with Crippen LogP contribution in [0.1, 0.15) is 5.82 Å². The van der Waals surface area contributed by atoms with Gasteiger partial charge in [0.2, 0.25) is 5.65 Å². The first-order chi connectivity index (χ1) is 11.7. The summed E-state index contributed by atoms with van der Waals surface area (Å²) in [5, 5.41) is 11.4. The third-order valence-electron chi connectivity index (χ3n) is 3.19. The Morgan fingerprint density at radius 1 is 1.29 bits per heavy atom. The van der Waals surface area contributed by atoms with Crippen molar-refractivity contribution >= 4 is 23.2 Å². The Labute approximate surface area is 142 Å².